The summed E-state index contributed by atoms with van der Waals surface area (Å²) in [6, 6.07) is 0. The van der Waals surface area contributed by atoms with Crippen molar-refractivity contribution in [2.24, 2.45) is 0 Å². The van der Waals surface area contributed by atoms with Gasteiger partial charge >= 0.3 is 35.5 Å². The molecule has 1 saturated heterocycles. The third-order valence-electron chi connectivity index (χ3n) is 9.11. The third-order valence-corrected chi connectivity index (χ3v) is 9.11. The molecule has 52 heavy (non-hydrogen) atoms. The Hall–Kier alpha value is -0.300. The minimum Gasteiger partial charge on any atom is -0.475 e. The number of carboxylic acid groups (broad SMARTS) is 1. The molecular formula is C37H73NaO14. The SMILES string of the molecule is CCCCCCCCCCCC[C@](O)(C(=O)C(=O)O)[C@@H](O)[C@H](O)[C@H](O)CO.OC[C@H]1OC(O)[C@H](O)[C@@H](O)[C@@H]1O.[CH2-]CCCCCCCCCCC.[Na+]. The first-order valence-corrected chi connectivity index (χ1v) is 19.1. The van der Waals surface area contributed by atoms with Crippen molar-refractivity contribution < 1.29 is 100 Å². The average Bonchev–Trinajstić information content (AvgIpc) is 3.13. The third kappa shape index (κ3) is 24.3. The topological polar surface area (TPSA) is 266 Å². The van der Waals surface area contributed by atoms with Crippen LogP contribution in [0.1, 0.15) is 149 Å². The predicted molar refractivity (Wildman–Crippen MR) is 192 cm³/mol. The Kier molecular flexibility index (Phi) is 37.9. The van der Waals surface area contributed by atoms with Crippen LogP contribution in [-0.2, 0) is 14.3 Å². The molecule has 1 fully saturated rings. The molecule has 0 aliphatic carbocycles. The molecule has 0 spiro atoms. The summed E-state index contributed by atoms with van der Waals surface area (Å²) in [5, 5.41) is 102. The second-order valence-electron chi connectivity index (χ2n) is 13.6. The number of aliphatic hydroxyl groups is 10. The number of ether oxygens (including phenoxy) is 1. The summed E-state index contributed by atoms with van der Waals surface area (Å²) >= 11 is 0. The number of Topliss-reactive ketones (excluding diaryl/α,β-unsaturated/α-hetero) is 1. The molecule has 1 rings (SSSR count). The van der Waals surface area contributed by atoms with Gasteiger partial charge in [-0.05, 0) is 12.8 Å². The molecular weight excluding hydrogens is 691 g/mol. The average molecular weight is 765 g/mol. The Morgan fingerprint density at radius 3 is 1.44 bits per heavy atom. The molecule has 0 saturated carbocycles. The molecule has 15 heteroatoms. The Balaban J connectivity index is -0.000000791. The molecule has 0 aromatic rings. The zero-order valence-electron chi connectivity index (χ0n) is 32.2. The Bertz CT molecular complexity index is 825. The fourth-order valence-electron chi connectivity index (χ4n) is 5.63. The van der Waals surface area contributed by atoms with E-state index in [1.54, 1.807) is 0 Å². The molecule has 0 amide bonds. The molecule has 0 bridgehead atoms. The minimum absolute atomic E-state index is 0. The van der Waals surface area contributed by atoms with E-state index in [2.05, 4.69) is 25.5 Å². The molecule has 9 atom stereocenters. The Labute approximate surface area is 333 Å². The Morgan fingerprint density at radius 1 is 0.673 bits per heavy atom. The summed E-state index contributed by atoms with van der Waals surface area (Å²) < 4.78 is 4.58. The smallest absolute Gasteiger partial charge is 0.475 e. The van der Waals surface area contributed by atoms with Crippen molar-refractivity contribution >= 4 is 11.8 Å². The van der Waals surface area contributed by atoms with Crippen LogP contribution in [0.15, 0.2) is 0 Å². The van der Waals surface area contributed by atoms with Gasteiger partial charge in [0.1, 0.15) is 42.7 Å². The maximum Gasteiger partial charge on any atom is 1.00 e. The monoisotopic (exact) mass is 764 g/mol. The minimum atomic E-state index is -2.72. The van der Waals surface area contributed by atoms with Crippen molar-refractivity contribution in [3.63, 3.8) is 0 Å². The van der Waals surface area contributed by atoms with Gasteiger partial charge in [0, 0.05) is 0 Å². The van der Waals surface area contributed by atoms with Gasteiger partial charge in [-0.1, -0.05) is 129 Å². The number of unbranched alkanes of at least 4 members (excludes halogenated alkanes) is 18. The van der Waals surface area contributed by atoms with Crippen LogP contribution < -0.4 is 29.6 Å². The van der Waals surface area contributed by atoms with Crippen molar-refractivity contribution in [3.8, 4) is 0 Å². The number of hydrogen-bond acceptors (Lipinski definition) is 13. The fourth-order valence-corrected chi connectivity index (χ4v) is 5.63. The van der Waals surface area contributed by atoms with Gasteiger partial charge in [0.05, 0.1) is 13.2 Å². The summed E-state index contributed by atoms with van der Waals surface area (Å²) in [4.78, 5) is 22.8. The first kappa shape index (κ1) is 56.0. The van der Waals surface area contributed by atoms with Gasteiger partial charge in [-0.3, -0.25) is 4.79 Å². The first-order chi connectivity index (χ1) is 24.2. The molecule has 0 aromatic carbocycles. The van der Waals surface area contributed by atoms with Crippen molar-refractivity contribution in [3.05, 3.63) is 6.92 Å². The molecule has 14 nitrogen and oxygen atoms in total. The van der Waals surface area contributed by atoms with Gasteiger partial charge in [0.2, 0.25) is 0 Å². The summed E-state index contributed by atoms with van der Waals surface area (Å²) in [5.74, 6) is -3.58. The van der Waals surface area contributed by atoms with E-state index in [9.17, 15) is 30.0 Å². The van der Waals surface area contributed by atoms with Gasteiger partial charge in [0.25, 0.3) is 5.78 Å². The fraction of sp³-hybridized carbons (Fsp3) is 0.919. The largest absolute Gasteiger partial charge is 1.00 e. The molecule has 1 heterocycles. The number of carboxylic acids is 1. The van der Waals surface area contributed by atoms with E-state index in [-0.39, 0.29) is 42.4 Å². The normalized spacial score (nSPS) is 22.7. The maximum atomic E-state index is 11.8. The molecule has 11 N–H and O–H groups in total. The van der Waals surface area contributed by atoms with E-state index >= 15 is 0 Å². The second-order valence-corrected chi connectivity index (χ2v) is 13.6. The van der Waals surface area contributed by atoms with Crippen molar-refractivity contribution in [1.29, 1.82) is 0 Å². The van der Waals surface area contributed by atoms with E-state index in [0.717, 1.165) is 32.1 Å². The molecule has 1 aliphatic heterocycles. The maximum absolute atomic E-state index is 11.8. The number of carbonyl (C=O) groups is 2. The predicted octanol–water partition coefficient (Wildman–Crippen LogP) is -0.719. The van der Waals surface area contributed by atoms with Crippen molar-refractivity contribution in [1.82, 2.24) is 0 Å². The van der Waals surface area contributed by atoms with Crippen LogP contribution in [0.3, 0.4) is 0 Å². The summed E-state index contributed by atoms with van der Waals surface area (Å²) in [6.45, 7) is 6.84. The van der Waals surface area contributed by atoms with Crippen LogP contribution in [0.4, 0.5) is 0 Å². The Morgan fingerprint density at radius 2 is 1.08 bits per heavy atom. The zero-order valence-corrected chi connectivity index (χ0v) is 34.2. The molecule has 1 unspecified atom stereocenters. The number of rotatable bonds is 27. The number of ketones is 1. The zero-order chi connectivity index (χ0) is 39.2. The summed E-state index contributed by atoms with van der Waals surface area (Å²) in [6.07, 6.45) is 10.3. The molecule has 306 valence electrons. The number of carbonyl (C=O) groups excluding carboxylic acids is 1. The standard InChI is InChI=1S/C19H36O8.C12H25.C6H12O6.Na/c1-2-3-4-5-6-7-8-9-10-11-12-19(27,17(24)18(25)26)16(23)15(22)14(21)13-20;1-3-5-7-9-11-12-10-8-6-4-2;7-1-2-3(8)4(9)5(10)6(11)12-2;/h14-16,20-23,27H,2-13H2,1H3,(H,25,26);1,3-12H2,2H3;2-11H,1H2;/q;-1;;+1/t14-,15-,16+,19-;;2-,3-,4+,5-,6?;/m1.1./s1. The van der Waals surface area contributed by atoms with E-state index in [1.165, 1.54) is 83.5 Å². The molecule has 1 aliphatic rings. The van der Waals surface area contributed by atoms with Gasteiger partial charge in [-0.15, -0.1) is 0 Å². The first-order valence-electron chi connectivity index (χ1n) is 19.1. The van der Waals surface area contributed by atoms with Gasteiger partial charge in [-0.25, -0.2) is 4.79 Å². The van der Waals surface area contributed by atoms with E-state index < -0.39 is 79.6 Å². The number of hydrogen-bond donors (Lipinski definition) is 11. The molecule has 0 aromatic heterocycles. The van der Waals surface area contributed by atoms with Crippen LogP contribution in [0.5, 0.6) is 0 Å². The number of aliphatic carboxylic acids is 1. The van der Waals surface area contributed by atoms with E-state index in [1.807, 2.05) is 0 Å². The molecule has 0 radical (unpaired) electrons. The van der Waals surface area contributed by atoms with Crippen LogP contribution in [0.25, 0.3) is 0 Å². The van der Waals surface area contributed by atoms with Crippen LogP contribution in [-0.4, -0.2) is 136 Å². The van der Waals surface area contributed by atoms with Crippen LogP contribution in [0.2, 0.25) is 0 Å². The van der Waals surface area contributed by atoms with Crippen LogP contribution >= 0.6 is 0 Å². The number of aliphatic hydroxyl groups excluding tert-OH is 9. The summed E-state index contributed by atoms with van der Waals surface area (Å²) in [5.41, 5.74) is -2.72. The second kappa shape index (κ2) is 35.1. The van der Waals surface area contributed by atoms with Crippen molar-refractivity contribution in [2.75, 3.05) is 13.2 Å². The summed E-state index contributed by atoms with van der Waals surface area (Å²) in [7, 11) is 0. The van der Waals surface area contributed by atoms with Crippen molar-refractivity contribution in [2.45, 2.75) is 203 Å². The van der Waals surface area contributed by atoms with Gasteiger partial charge in [0.15, 0.2) is 11.9 Å². The van der Waals surface area contributed by atoms with Gasteiger partial charge < -0.3 is 67.8 Å². The van der Waals surface area contributed by atoms with E-state index in [0.29, 0.717) is 6.42 Å². The van der Waals surface area contributed by atoms with Gasteiger partial charge in [-0.2, -0.15) is 6.42 Å². The quantitative estimate of drug-likeness (QED) is 0.0214. The van der Waals surface area contributed by atoms with Crippen LogP contribution in [0, 0.1) is 6.92 Å². The van der Waals surface area contributed by atoms with E-state index in [4.69, 9.17) is 35.7 Å².